The fourth-order valence-electron chi connectivity index (χ4n) is 5.30. The Labute approximate surface area is 225 Å². The molecule has 9 nitrogen and oxygen atoms in total. The summed E-state index contributed by atoms with van der Waals surface area (Å²) in [7, 11) is 0. The number of nitrogens with zero attached hydrogens (tertiary/aromatic N) is 5. The molecule has 2 aliphatic heterocycles. The van der Waals surface area contributed by atoms with Gasteiger partial charge in [-0.1, -0.05) is 12.1 Å². The highest BCUT2D eigenvalue weighted by Gasteiger charge is 2.26. The Balaban J connectivity index is 1.08. The number of imidazole rings is 1. The van der Waals surface area contributed by atoms with Crippen LogP contribution in [0.5, 0.6) is 5.88 Å². The normalized spacial score (nSPS) is 18.1. The molecule has 5 heterocycles. The molecule has 0 spiro atoms. The van der Waals surface area contributed by atoms with Crippen LogP contribution in [0, 0.1) is 17.1 Å². The molecule has 1 unspecified atom stereocenters. The van der Waals surface area contributed by atoms with Gasteiger partial charge in [0, 0.05) is 29.8 Å². The van der Waals surface area contributed by atoms with Crippen molar-refractivity contribution in [2.45, 2.75) is 51.0 Å². The van der Waals surface area contributed by atoms with E-state index in [0.29, 0.717) is 23.1 Å². The number of ether oxygens (including phenoxy) is 2. The average Bonchev–Trinajstić information content (AvgIpc) is 3.48. The fraction of sp³-hybridized carbons (Fsp3) is 0.379. The van der Waals surface area contributed by atoms with Gasteiger partial charge in [-0.05, 0) is 56.6 Å². The van der Waals surface area contributed by atoms with Crippen LogP contribution in [0.2, 0.25) is 0 Å². The summed E-state index contributed by atoms with van der Waals surface area (Å²) in [5.74, 6) is 1.29. The number of nitriles is 1. The summed E-state index contributed by atoms with van der Waals surface area (Å²) >= 11 is 0. The zero-order chi connectivity index (χ0) is 26.8. The van der Waals surface area contributed by atoms with Crippen LogP contribution >= 0.6 is 0 Å². The van der Waals surface area contributed by atoms with Crippen LogP contribution < -0.4 is 4.74 Å². The monoisotopic (exact) mass is 528 g/mol. The van der Waals surface area contributed by atoms with Gasteiger partial charge in [-0.25, -0.2) is 14.4 Å². The van der Waals surface area contributed by atoms with Gasteiger partial charge >= 0.3 is 0 Å². The number of nitrogens with one attached hydrogen (secondary N) is 1. The zero-order valence-electron chi connectivity index (χ0n) is 21.5. The van der Waals surface area contributed by atoms with Crippen molar-refractivity contribution in [2.75, 3.05) is 19.7 Å². The molecule has 2 aliphatic rings. The van der Waals surface area contributed by atoms with E-state index in [-0.39, 0.29) is 18.3 Å². The first-order chi connectivity index (χ1) is 19.1. The molecule has 6 rings (SSSR count). The van der Waals surface area contributed by atoms with E-state index in [4.69, 9.17) is 24.7 Å². The molecule has 2 saturated heterocycles. The molecule has 3 aromatic heterocycles. The molecule has 4 aromatic rings. The molecule has 2 fully saturated rings. The molecule has 0 radical (unpaired) electrons. The van der Waals surface area contributed by atoms with Gasteiger partial charge in [-0.3, -0.25) is 9.69 Å². The van der Waals surface area contributed by atoms with Crippen LogP contribution in [-0.2, 0) is 24.4 Å². The number of piperidine rings is 1. The second-order valence-corrected chi connectivity index (χ2v) is 10.2. The standard InChI is InChI=1S/C29H29FN6O3/c30-24-12-19(14-31)4-5-21(24)18-39-28-3-1-2-25(34-28)20-6-9-35(10-7-20)16-27-33-26-13-22(17-37)32-29(26)36(27)15-23-8-11-38-23/h1-5,12-13,17,20,23,32H,6-11,15-16,18H2. The SMILES string of the molecule is N#Cc1ccc(COc2cccc(C3CCN(Cc4nc5cc(C=O)[nH]c5n4CC4CCO4)CC3)n2)c(F)c1. The average molecular weight is 529 g/mol. The Morgan fingerprint density at radius 2 is 2.03 bits per heavy atom. The van der Waals surface area contributed by atoms with Gasteiger partial charge in [0.15, 0.2) is 6.29 Å². The van der Waals surface area contributed by atoms with Crippen LogP contribution in [0.25, 0.3) is 11.2 Å². The number of benzene rings is 1. The van der Waals surface area contributed by atoms with E-state index >= 15 is 0 Å². The third kappa shape index (κ3) is 5.41. The molecule has 0 aliphatic carbocycles. The lowest BCUT2D eigenvalue weighted by Gasteiger charge is -2.32. The first-order valence-corrected chi connectivity index (χ1v) is 13.2. The predicted octanol–water partition coefficient (Wildman–Crippen LogP) is 4.33. The number of hydrogen-bond donors (Lipinski definition) is 1. The van der Waals surface area contributed by atoms with Crippen molar-refractivity contribution in [1.82, 2.24) is 24.4 Å². The minimum absolute atomic E-state index is 0.0490. The van der Waals surface area contributed by atoms with Crippen LogP contribution in [-0.4, -0.2) is 56.5 Å². The number of carbonyl (C=O) groups excluding carboxylic acids is 1. The summed E-state index contributed by atoms with van der Waals surface area (Å²) in [6.07, 6.45) is 3.95. The number of hydrogen-bond acceptors (Lipinski definition) is 7. The molecule has 1 atom stereocenters. The quantitative estimate of drug-likeness (QED) is 0.322. The van der Waals surface area contributed by atoms with Crippen molar-refractivity contribution in [2.24, 2.45) is 0 Å². The van der Waals surface area contributed by atoms with E-state index in [1.165, 1.54) is 6.07 Å². The van der Waals surface area contributed by atoms with Gasteiger partial charge in [-0.2, -0.15) is 5.26 Å². The van der Waals surface area contributed by atoms with E-state index in [0.717, 1.165) is 81.0 Å². The van der Waals surface area contributed by atoms with Gasteiger partial charge in [0.25, 0.3) is 0 Å². The van der Waals surface area contributed by atoms with E-state index in [9.17, 15) is 9.18 Å². The Morgan fingerprint density at radius 1 is 1.18 bits per heavy atom. The molecule has 0 saturated carbocycles. The Hall–Kier alpha value is -4.07. The van der Waals surface area contributed by atoms with Gasteiger partial charge in [0.05, 0.1) is 36.5 Å². The maximum atomic E-state index is 14.2. The third-order valence-electron chi connectivity index (χ3n) is 7.61. The number of fused-ring (bicyclic) bond motifs is 1. The van der Waals surface area contributed by atoms with Crippen LogP contribution in [0.4, 0.5) is 4.39 Å². The maximum Gasteiger partial charge on any atom is 0.213 e. The van der Waals surface area contributed by atoms with Crippen molar-refractivity contribution in [3.8, 4) is 11.9 Å². The lowest BCUT2D eigenvalue weighted by atomic mass is 9.93. The minimum atomic E-state index is -0.459. The fourth-order valence-corrected chi connectivity index (χ4v) is 5.30. The highest BCUT2D eigenvalue weighted by molar-refractivity contribution is 5.84. The van der Waals surface area contributed by atoms with Gasteiger partial charge < -0.3 is 19.0 Å². The van der Waals surface area contributed by atoms with E-state index in [1.54, 1.807) is 24.3 Å². The number of likely N-dealkylation sites (tertiary alicyclic amines) is 1. The van der Waals surface area contributed by atoms with Crippen LogP contribution in [0.1, 0.15) is 58.3 Å². The molecule has 0 bridgehead atoms. The Morgan fingerprint density at radius 3 is 2.74 bits per heavy atom. The largest absolute Gasteiger partial charge is 0.473 e. The second kappa shape index (κ2) is 11.0. The van der Waals surface area contributed by atoms with Crippen molar-refractivity contribution in [1.29, 1.82) is 5.26 Å². The number of aromatic nitrogens is 4. The summed E-state index contributed by atoms with van der Waals surface area (Å²) in [4.78, 5) is 26.4. The molecule has 10 heteroatoms. The van der Waals surface area contributed by atoms with E-state index < -0.39 is 5.82 Å². The van der Waals surface area contributed by atoms with Gasteiger partial charge in [0.2, 0.25) is 5.88 Å². The number of carbonyl (C=O) groups is 1. The maximum absolute atomic E-state index is 14.2. The van der Waals surface area contributed by atoms with E-state index in [1.807, 2.05) is 18.2 Å². The smallest absolute Gasteiger partial charge is 0.213 e. The number of aldehydes is 1. The first-order valence-electron chi connectivity index (χ1n) is 13.2. The molecule has 39 heavy (non-hydrogen) atoms. The van der Waals surface area contributed by atoms with Crippen molar-refractivity contribution in [3.63, 3.8) is 0 Å². The summed E-state index contributed by atoms with van der Waals surface area (Å²) in [5, 5.41) is 8.92. The highest BCUT2D eigenvalue weighted by Crippen LogP contribution is 2.30. The van der Waals surface area contributed by atoms with Gasteiger partial charge in [-0.15, -0.1) is 0 Å². The lowest BCUT2D eigenvalue weighted by Crippen LogP contribution is -2.35. The van der Waals surface area contributed by atoms with Crippen molar-refractivity contribution in [3.05, 3.63) is 76.6 Å². The number of halogens is 1. The minimum Gasteiger partial charge on any atom is -0.473 e. The molecular weight excluding hydrogens is 499 g/mol. The molecule has 0 amide bonds. The van der Waals surface area contributed by atoms with Crippen LogP contribution in [0.15, 0.2) is 42.5 Å². The molecule has 1 aromatic carbocycles. The molecule has 1 N–H and O–H groups in total. The van der Waals surface area contributed by atoms with Crippen molar-refractivity contribution >= 4 is 17.5 Å². The lowest BCUT2D eigenvalue weighted by molar-refractivity contribution is -0.0592. The number of aromatic amines is 1. The summed E-state index contributed by atoms with van der Waals surface area (Å²) < 4.78 is 27.8. The predicted molar refractivity (Wildman–Crippen MR) is 141 cm³/mol. The highest BCUT2D eigenvalue weighted by atomic mass is 19.1. The zero-order valence-corrected chi connectivity index (χ0v) is 21.5. The Kier molecular flexibility index (Phi) is 7.09. The Bertz CT molecular complexity index is 1530. The van der Waals surface area contributed by atoms with Crippen LogP contribution in [0.3, 0.4) is 0 Å². The van der Waals surface area contributed by atoms with E-state index in [2.05, 4.69) is 14.5 Å². The number of rotatable bonds is 9. The second-order valence-electron chi connectivity index (χ2n) is 10.2. The number of pyridine rings is 1. The first kappa shape index (κ1) is 25.2. The number of H-pyrrole nitrogens is 1. The third-order valence-corrected chi connectivity index (χ3v) is 7.61. The molecular formula is C29H29FN6O3. The summed E-state index contributed by atoms with van der Waals surface area (Å²) in [6.45, 7) is 4.12. The summed E-state index contributed by atoms with van der Waals surface area (Å²) in [5.41, 5.74) is 3.86. The van der Waals surface area contributed by atoms with Crippen molar-refractivity contribution < 1.29 is 18.7 Å². The van der Waals surface area contributed by atoms with Gasteiger partial charge in [0.1, 0.15) is 29.4 Å². The topological polar surface area (TPSA) is 109 Å². The summed E-state index contributed by atoms with van der Waals surface area (Å²) in [6, 6.07) is 13.8. The molecule has 200 valence electrons.